The van der Waals surface area contributed by atoms with Crippen molar-refractivity contribution in [2.75, 3.05) is 6.54 Å². The number of unbranched alkanes of at least 4 members (excludes halogenated alkanes) is 1. The molecule has 1 N–H and O–H groups in total. The van der Waals surface area contributed by atoms with Gasteiger partial charge in [0.2, 0.25) is 11.8 Å². The van der Waals surface area contributed by atoms with Gasteiger partial charge in [0, 0.05) is 19.5 Å². The summed E-state index contributed by atoms with van der Waals surface area (Å²) in [5.41, 5.74) is 1.14. The molecule has 0 bridgehead atoms. The minimum atomic E-state index is -0.580. The summed E-state index contributed by atoms with van der Waals surface area (Å²) >= 11 is 5.81. The Morgan fingerprint density at radius 2 is 1.97 bits per heavy atom. The molecule has 1 saturated heterocycles. The zero-order valence-electron chi connectivity index (χ0n) is 20.4. The molecule has 1 unspecified atom stereocenters. The lowest BCUT2D eigenvalue weighted by Gasteiger charge is -2.31. The Kier molecular flexibility index (Phi) is 9.28. The van der Waals surface area contributed by atoms with Crippen LogP contribution in [0.1, 0.15) is 63.5 Å². The van der Waals surface area contributed by atoms with Crippen LogP contribution in [0.15, 0.2) is 48.5 Å². The minimum absolute atomic E-state index is 0.0135. The highest BCUT2D eigenvalue weighted by Crippen LogP contribution is 2.37. The van der Waals surface area contributed by atoms with Crippen LogP contribution in [-0.4, -0.2) is 29.3 Å². The van der Waals surface area contributed by atoms with Crippen LogP contribution in [0.2, 0.25) is 5.02 Å². The number of benzene rings is 2. The average Bonchev–Trinajstić information content (AvgIpc) is 3.35. The van der Waals surface area contributed by atoms with Gasteiger partial charge in [0.25, 0.3) is 0 Å². The number of carbonyl (C=O) groups is 2. The molecule has 0 saturated carbocycles. The SMILES string of the molecule is CC(C)C(C#N)(CCCCC(=O)N1CCC[C@@H]1C(=O)NCc1ccc(F)c(Cl)c1)c1ccccc1. The van der Waals surface area contributed by atoms with E-state index in [9.17, 15) is 19.2 Å². The van der Waals surface area contributed by atoms with Crippen molar-refractivity contribution in [1.82, 2.24) is 10.2 Å². The predicted octanol–water partition coefficient (Wildman–Crippen LogP) is 5.76. The van der Waals surface area contributed by atoms with Crippen LogP contribution in [0.25, 0.3) is 0 Å². The summed E-state index contributed by atoms with van der Waals surface area (Å²) in [5.74, 6) is -0.588. The topological polar surface area (TPSA) is 73.2 Å². The maximum absolute atomic E-state index is 13.3. The summed E-state index contributed by atoms with van der Waals surface area (Å²) in [6.45, 7) is 4.92. The molecule has 1 fully saturated rings. The predicted molar refractivity (Wildman–Crippen MR) is 135 cm³/mol. The monoisotopic (exact) mass is 497 g/mol. The minimum Gasteiger partial charge on any atom is -0.350 e. The number of rotatable bonds is 10. The molecule has 2 atom stereocenters. The molecular weight excluding hydrogens is 465 g/mol. The van der Waals surface area contributed by atoms with Crippen molar-refractivity contribution in [2.45, 2.75) is 70.4 Å². The molecule has 1 aliphatic heterocycles. The molecule has 3 rings (SSSR count). The van der Waals surface area contributed by atoms with E-state index in [2.05, 4.69) is 25.2 Å². The first-order valence-electron chi connectivity index (χ1n) is 12.3. The molecule has 7 heteroatoms. The summed E-state index contributed by atoms with van der Waals surface area (Å²) in [4.78, 5) is 27.4. The van der Waals surface area contributed by atoms with Crippen LogP contribution in [0.5, 0.6) is 0 Å². The highest BCUT2D eigenvalue weighted by Gasteiger charge is 2.36. The summed E-state index contributed by atoms with van der Waals surface area (Å²) in [5, 5.41) is 12.9. The average molecular weight is 498 g/mol. The fourth-order valence-corrected chi connectivity index (χ4v) is 5.07. The van der Waals surface area contributed by atoms with E-state index in [1.165, 1.54) is 12.1 Å². The molecule has 1 heterocycles. The van der Waals surface area contributed by atoms with E-state index in [0.717, 1.165) is 18.4 Å². The normalized spacial score (nSPS) is 17.1. The van der Waals surface area contributed by atoms with Crippen molar-refractivity contribution < 1.29 is 14.0 Å². The highest BCUT2D eigenvalue weighted by atomic mass is 35.5. The van der Waals surface area contributed by atoms with E-state index in [1.807, 2.05) is 30.3 Å². The fraction of sp³-hybridized carbons (Fsp3) is 0.464. The number of amides is 2. The van der Waals surface area contributed by atoms with Crippen molar-refractivity contribution in [2.24, 2.45) is 5.92 Å². The molecule has 2 aromatic carbocycles. The van der Waals surface area contributed by atoms with Gasteiger partial charge in [-0.2, -0.15) is 5.26 Å². The van der Waals surface area contributed by atoms with Crippen molar-refractivity contribution >= 4 is 23.4 Å². The molecule has 5 nitrogen and oxygen atoms in total. The number of halogens is 2. The summed E-state index contributed by atoms with van der Waals surface area (Å²) in [6, 6.07) is 16.3. The van der Waals surface area contributed by atoms with Gasteiger partial charge in [0.05, 0.1) is 16.5 Å². The number of hydrogen-bond acceptors (Lipinski definition) is 3. The number of likely N-dealkylation sites (tertiary alicyclic amines) is 1. The maximum atomic E-state index is 13.3. The summed E-state index contributed by atoms with van der Waals surface area (Å²) in [7, 11) is 0. The maximum Gasteiger partial charge on any atom is 0.243 e. The standard InChI is InChI=1S/C28H33ClFN3O2/c1-20(2)28(19-31,22-9-4-3-5-10-22)15-7-6-12-26(34)33-16-8-11-25(33)27(35)32-18-21-13-14-24(30)23(29)17-21/h3-5,9-10,13-14,17,20,25H,6-8,11-12,15-16,18H2,1-2H3,(H,32,35)/t25-,28?/m1/s1. The Morgan fingerprint density at radius 1 is 1.23 bits per heavy atom. The van der Waals surface area contributed by atoms with Crippen LogP contribution in [0, 0.1) is 23.1 Å². The second-order valence-electron chi connectivity index (χ2n) is 9.52. The third-order valence-electron chi connectivity index (χ3n) is 7.01. The Morgan fingerprint density at radius 3 is 2.63 bits per heavy atom. The zero-order valence-corrected chi connectivity index (χ0v) is 21.2. The molecule has 0 spiro atoms. The molecule has 0 radical (unpaired) electrons. The van der Waals surface area contributed by atoms with Gasteiger partial charge in [-0.1, -0.05) is 68.3 Å². The van der Waals surface area contributed by atoms with Gasteiger partial charge < -0.3 is 10.2 Å². The number of carbonyl (C=O) groups excluding carboxylic acids is 2. The van der Waals surface area contributed by atoms with Gasteiger partial charge in [0.15, 0.2) is 0 Å². The molecule has 2 amide bonds. The van der Waals surface area contributed by atoms with Crippen molar-refractivity contribution in [3.05, 3.63) is 70.5 Å². The van der Waals surface area contributed by atoms with Gasteiger partial charge in [-0.3, -0.25) is 9.59 Å². The van der Waals surface area contributed by atoms with E-state index in [4.69, 9.17) is 11.6 Å². The molecule has 0 aliphatic carbocycles. The first-order valence-corrected chi connectivity index (χ1v) is 12.6. The van der Waals surface area contributed by atoms with Crippen LogP contribution >= 0.6 is 11.6 Å². The number of nitrogens with zero attached hydrogens (tertiary/aromatic N) is 2. The summed E-state index contributed by atoms with van der Waals surface area (Å²) in [6.07, 6.45) is 3.86. The van der Waals surface area contributed by atoms with Crippen LogP contribution in [0.3, 0.4) is 0 Å². The number of hydrogen-bond donors (Lipinski definition) is 1. The Balaban J connectivity index is 1.52. The third kappa shape index (κ3) is 6.41. The first kappa shape index (κ1) is 26.7. The lowest BCUT2D eigenvalue weighted by Crippen LogP contribution is -2.45. The van der Waals surface area contributed by atoms with E-state index in [-0.39, 0.29) is 29.3 Å². The molecular formula is C28H33ClFN3O2. The van der Waals surface area contributed by atoms with Crippen LogP contribution < -0.4 is 5.32 Å². The largest absolute Gasteiger partial charge is 0.350 e. The van der Waals surface area contributed by atoms with Crippen molar-refractivity contribution in [3.8, 4) is 6.07 Å². The van der Waals surface area contributed by atoms with E-state index < -0.39 is 17.3 Å². The smallest absolute Gasteiger partial charge is 0.243 e. The quantitative estimate of drug-likeness (QED) is 0.424. The van der Waals surface area contributed by atoms with Crippen molar-refractivity contribution in [1.29, 1.82) is 5.26 Å². The Hall–Kier alpha value is -2.91. The second kappa shape index (κ2) is 12.2. The van der Waals surface area contributed by atoms with Gasteiger partial charge in [-0.25, -0.2) is 4.39 Å². The van der Waals surface area contributed by atoms with E-state index in [0.29, 0.717) is 37.8 Å². The van der Waals surface area contributed by atoms with E-state index in [1.54, 1.807) is 11.0 Å². The van der Waals surface area contributed by atoms with Crippen molar-refractivity contribution in [3.63, 3.8) is 0 Å². The molecule has 186 valence electrons. The molecule has 35 heavy (non-hydrogen) atoms. The Bertz CT molecular complexity index is 1070. The third-order valence-corrected chi connectivity index (χ3v) is 7.30. The summed E-state index contributed by atoms with van der Waals surface area (Å²) < 4.78 is 13.3. The van der Waals surface area contributed by atoms with Crippen LogP contribution in [-0.2, 0) is 21.5 Å². The fourth-order valence-electron chi connectivity index (χ4n) is 4.87. The number of nitrogens with one attached hydrogen (secondary N) is 1. The zero-order chi connectivity index (χ0) is 25.4. The van der Waals surface area contributed by atoms with E-state index >= 15 is 0 Å². The molecule has 2 aromatic rings. The van der Waals surface area contributed by atoms with Crippen LogP contribution in [0.4, 0.5) is 4.39 Å². The lowest BCUT2D eigenvalue weighted by molar-refractivity contribution is -0.138. The highest BCUT2D eigenvalue weighted by molar-refractivity contribution is 6.30. The van der Waals surface area contributed by atoms with Gasteiger partial charge in [0.1, 0.15) is 11.9 Å². The van der Waals surface area contributed by atoms with Gasteiger partial charge in [-0.15, -0.1) is 0 Å². The number of nitriles is 1. The molecule has 1 aliphatic rings. The van der Waals surface area contributed by atoms with Gasteiger partial charge in [-0.05, 0) is 54.9 Å². The Labute approximate surface area is 212 Å². The molecule has 0 aromatic heterocycles. The lowest BCUT2D eigenvalue weighted by atomic mass is 9.69. The second-order valence-corrected chi connectivity index (χ2v) is 9.93. The first-order chi connectivity index (χ1) is 16.8. The van der Waals surface area contributed by atoms with Gasteiger partial charge >= 0.3 is 0 Å².